The summed E-state index contributed by atoms with van der Waals surface area (Å²) in [6.07, 6.45) is 0. The van der Waals surface area contributed by atoms with Crippen LogP contribution in [0.5, 0.6) is 11.5 Å². The summed E-state index contributed by atoms with van der Waals surface area (Å²) < 4.78 is 38.6. The highest BCUT2D eigenvalue weighted by Crippen LogP contribution is 2.34. The molecule has 2 rings (SSSR count). The Kier molecular flexibility index (Phi) is 4.80. The first-order valence-electron chi connectivity index (χ1n) is 5.88. The van der Waals surface area contributed by atoms with Crippen molar-refractivity contribution in [3.63, 3.8) is 0 Å². The predicted molar refractivity (Wildman–Crippen MR) is 87.1 cm³/mol. The van der Waals surface area contributed by atoms with Crippen molar-refractivity contribution in [2.45, 2.75) is 11.1 Å². The summed E-state index contributed by atoms with van der Waals surface area (Å²) in [6.45, 7) is 1.80. The Morgan fingerprint density at radius 3 is 2.29 bits per heavy atom. The maximum atomic E-state index is 12.3. The second kappa shape index (κ2) is 6.25. The zero-order valence-corrected chi connectivity index (χ0v) is 14.9. The maximum Gasteiger partial charge on any atom is 0.271 e. The fourth-order valence-electron chi connectivity index (χ4n) is 1.73. The molecule has 0 aliphatic rings. The van der Waals surface area contributed by atoms with E-state index in [2.05, 4.69) is 20.7 Å². The van der Waals surface area contributed by atoms with Crippen molar-refractivity contribution >= 4 is 43.0 Å². The lowest BCUT2D eigenvalue weighted by Gasteiger charge is -2.14. The molecule has 0 aliphatic carbocycles. The Labute approximate surface area is 136 Å². The minimum atomic E-state index is -3.62. The van der Waals surface area contributed by atoms with Crippen molar-refractivity contribution in [1.82, 2.24) is 0 Å². The van der Waals surface area contributed by atoms with Gasteiger partial charge in [0.05, 0.1) is 23.7 Å². The van der Waals surface area contributed by atoms with Crippen molar-refractivity contribution in [2.75, 3.05) is 18.9 Å². The molecule has 5 nitrogen and oxygen atoms in total. The average Bonchev–Trinajstić information content (AvgIpc) is 2.88. The van der Waals surface area contributed by atoms with Gasteiger partial charge in [-0.15, -0.1) is 11.3 Å². The van der Waals surface area contributed by atoms with Gasteiger partial charge in [0.25, 0.3) is 10.0 Å². The number of methoxy groups -OCH3 is 2. The largest absolute Gasteiger partial charge is 0.493 e. The van der Waals surface area contributed by atoms with E-state index >= 15 is 0 Å². The molecule has 0 fully saturated rings. The van der Waals surface area contributed by atoms with Gasteiger partial charge in [0, 0.05) is 6.07 Å². The number of nitrogens with one attached hydrogen (secondary N) is 1. The first-order chi connectivity index (χ1) is 9.87. The van der Waals surface area contributed by atoms with Gasteiger partial charge in [0.2, 0.25) is 0 Å². The summed E-state index contributed by atoms with van der Waals surface area (Å²) in [5.74, 6) is 1.02. The summed E-state index contributed by atoms with van der Waals surface area (Å²) >= 11 is 4.40. The minimum Gasteiger partial charge on any atom is -0.493 e. The molecular weight excluding hydrogens is 378 g/mol. The molecule has 0 bridgehead atoms. The fraction of sp³-hybridized carbons (Fsp3) is 0.231. The molecule has 0 atom stereocenters. The summed E-state index contributed by atoms with van der Waals surface area (Å²) in [6, 6.07) is 6.57. The molecule has 0 spiro atoms. The van der Waals surface area contributed by atoms with Crippen LogP contribution in [-0.2, 0) is 10.0 Å². The van der Waals surface area contributed by atoms with Crippen LogP contribution < -0.4 is 14.2 Å². The number of hydrogen-bond donors (Lipinski definition) is 1. The van der Waals surface area contributed by atoms with E-state index in [4.69, 9.17) is 9.47 Å². The number of sulfonamides is 1. The number of ether oxygens (including phenoxy) is 2. The van der Waals surface area contributed by atoms with E-state index in [0.29, 0.717) is 17.2 Å². The van der Waals surface area contributed by atoms with Gasteiger partial charge in [-0.25, -0.2) is 8.42 Å². The van der Waals surface area contributed by atoms with Gasteiger partial charge in [0.1, 0.15) is 4.21 Å². The van der Waals surface area contributed by atoms with E-state index < -0.39 is 10.0 Å². The maximum absolute atomic E-state index is 12.3. The standard InChI is InChI=1S/C13H14BrNO4S2/c1-8-6-10(18-2)11(19-3)7-9(8)15-21(16,17)13-5-4-12(14)20-13/h4-7,15H,1-3H3. The normalized spacial score (nSPS) is 11.2. The van der Waals surface area contributed by atoms with E-state index in [1.165, 1.54) is 14.2 Å². The highest BCUT2D eigenvalue weighted by Gasteiger charge is 2.19. The number of anilines is 1. The molecule has 0 unspecified atom stereocenters. The monoisotopic (exact) mass is 391 g/mol. The smallest absolute Gasteiger partial charge is 0.271 e. The zero-order chi connectivity index (χ0) is 15.6. The van der Waals surface area contributed by atoms with E-state index in [0.717, 1.165) is 20.7 Å². The van der Waals surface area contributed by atoms with Crippen LogP contribution in [0.3, 0.4) is 0 Å². The van der Waals surface area contributed by atoms with Crippen molar-refractivity contribution in [3.05, 3.63) is 33.6 Å². The lowest BCUT2D eigenvalue weighted by Crippen LogP contribution is -2.12. The number of rotatable bonds is 5. The summed E-state index contributed by atoms with van der Waals surface area (Å²) in [4.78, 5) is 0. The molecule has 21 heavy (non-hydrogen) atoms. The van der Waals surface area contributed by atoms with Gasteiger partial charge in [-0.1, -0.05) is 0 Å². The number of aryl methyl sites for hydroxylation is 1. The lowest BCUT2D eigenvalue weighted by atomic mass is 10.2. The highest BCUT2D eigenvalue weighted by atomic mass is 79.9. The molecule has 2 aromatic rings. The van der Waals surface area contributed by atoms with E-state index in [-0.39, 0.29) is 4.21 Å². The van der Waals surface area contributed by atoms with Gasteiger partial charge in [0.15, 0.2) is 11.5 Å². The van der Waals surface area contributed by atoms with Crippen molar-refractivity contribution in [2.24, 2.45) is 0 Å². The molecule has 1 N–H and O–H groups in total. The quantitative estimate of drug-likeness (QED) is 0.844. The predicted octanol–water partition coefficient (Wildman–Crippen LogP) is 3.64. The minimum absolute atomic E-state index is 0.239. The molecule has 8 heteroatoms. The Morgan fingerprint density at radius 2 is 1.76 bits per heavy atom. The molecule has 0 aliphatic heterocycles. The third kappa shape index (κ3) is 3.50. The topological polar surface area (TPSA) is 64.6 Å². The highest BCUT2D eigenvalue weighted by molar-refractivity contribution is 9.11. The molecule has 0 saturated carbocycles. The second-order valence-electron chi connectivity index (χ2n) is 4.19. The number of halogens is 1. The van der Waals surface area contributed by atoms with Crippen molar-refractivity contribution in [1.29, 1.82) is 0 Å². The lowest BCUT2D eigenvalue weighted by molar-refractivity contribution is 0.355. The van der Waals surface area contributed by atoms with Crippen LogP contribution in [0.15, 0.2) is 32.3 Å². The molecule has 0 radical (unpaired) electrons. The molecule has 1 aromatic heterocycles. The van der Waals surface area contributed by atoms with Crippen LogP contribution in [0.4, 0.5) is 5.69 Å². The zero-order valence-electron chi connectivity index (χ0n) is 11.6. The molecule has 1 heterocycles. The Morgan fingerprint density at radius 1 is 1.14 bits per heavy atom. The SMILES string of the molecule is COc1cc(C)c(NS(=O)(=O)c2ccc(Br)s2)cc1OC. The molecule has 0 saturated heterocycles. The average molecular weight is 392 g/mol. The molecule has 0 amide bonds. The number of thiophene rings is 1. The van der Waals surface area contributed by atoms with Crippen LogP contribution in [0, 0.1) is 6.92 Å². The fourth-order valence-corrected chi connectivity index (χ4v) is 4.86. The van der Waals surface area contributed by atoms with E-state index in [1.54, 1.807) is 31.2 Å². The third-order valence-electron chi connectivity index (χ3n) is 2.79. The van der Waals surface area contributed by atoms with Crippen molar-refractivity contribution < 1.29 is 17.9 Å². The van der Waals surface area contributed by atoms with Gasteiger partial charge >= 0.3 is 0 Å². The third-order valence-corrected chi connectivity index (χ3v) is 6.27. The van der Waals surface area contributed by atoms with Gasteiger partial charge in [-0.2, -0.15) is 0 Å². The number of benzene rings is 1. The van der Waals surface area contributed by atoms with Gasteiger partial charge in [-0.05, 0) is 46.6 Å². The van der Waals surface area contributed by atoms with Crippen LogP contribution in [0.25, 0.3) is 0 Å². The first kappa shape index (κ1) is 16.1. The number of hydrogen-bond acceptors (Lipinski definition) is 5. The summed E-state index contributed by atoms with van der Waals surface area (Å²) in [5, 5.41) is 0. The van der Waals surface area contributed by atoms with E-state index in [9.17, 15) is 8.42 Å². The molecule has 114 valence electrons. The summed E-state index contributed by atoms with van der Waals surface area (Å²) in [7, 11) is -0.584. The van der Waals surface area contributed by atoms with Crippen LogP contribution in [0.2, 0.25) is 0 Å². The summed E-state index contributed by atoms with van der Waals surface area (Å²) in [5.41, 5.74) is 1.20. The molecular formula is C13H14BrNO4S2. The Hall–Kier alpha value is -1.25. The van der Waals surface area contributed by atoms with Crippen LogP contribution >= 0.6 is 27.3 Å². The van der Waals surface area contributed by atoms with Crippen LogP contribution in [0.1, 0.15) is 5.56 Å². The van der Waals surface area contributed by atoms with E-state index in [1.807, 2.05) is 0 Å². The molecule has 1 aromatic carbocycles. The Balaban J connectivity index is 2.39. The van der Waals surface area contributed by atoms with Crippen LogP contribution in [-0.4, -0.2) is 22.6 Å². The van der Waals surface area contributed by atoms with Crippen molar-refractivity contribution in [3.8, 4) is 11.5 Å². The second-order valence-corrected chi connectivity index (χ2v) is 8.56. The van der Waals surface area contributed by atoms with Gasteiger partial charge in [-0.3, -0.25) is 4.72 Å². The van der Waals surface area contributed by atoms with Gasteiger partial charge < -0.3 is 9.47 Å². The Bertz CT molecular complexity index is 756. The first-order valence-corrected chi connectivity index (χ1v) is 8.97.